The second-order valence-electron chi connectivity index (χ2n) is 12.0. The zero-order valence-electron chi connectivity index (χ0n) is 27.0. The van der Waals surface area contributed by atoms with E-state index in [4.69, 9.17) is 39.6 Å². The average molecular weight is 703 g/mol. The number of aromatic amines is 1. The van der Waals surface area contributed by atoms with Gasteiger partial charge in [-0.15, -0.1) is 15.3 Å². The molecule has 1 saturated carbocycles. The number of H-pyrrole nitrogens is 1. The maximum atomic E-state index is 14.1. The van der Waals surface area contributed by atoms with Crippen LogP contribution in [0.5, 0.6) is 0 Å². The Morgan fingerprint density at radius 1 is 1.21 bits per heavy atom. The molecule has 2 aliphatic rings. The van der Waals surface area contributed by atoms with Crippen molar-refractivity contribution < 1.29 is 42.8 Å². The number of hydrogen-bond donors (Lipinski definition) is 4. The van der Waals surface area contributed by atoms with E-state index < -0.39 is 43.6 Å². The first-order valence-corrected chi connectivity index (χ1v) is 17.7. The maximum Gasteiger partial charge on any atom is 0.367 e. The van der Waals surface area contributed by atoms with Crippen molar-refractivity contribution in [2.75, 3.05) is 38.4 Å². The predicted octanol–water partition coefficient (Wildman–Crippen LogP) is 3.38. The minimum absolute atomic E-state index is 0.0278. The number of hydrogen-bond acceptors (Lipinski definition) is 15. The number of rotatable bonds is 18. The van der Waals surface area contributed by atoms with Crippen molar-refractivity contribution in [3.8, 4) is 0 Å². The van der Waals surface area contributed by atoms with E-state index in [2.05, 4.69) is 36.0 Å². The summed E-state index contributed by atoms with van der Waals surface area (Å²) in [5, 5.41) is 40.9. The Morgan fingerprint density at radius 3 is 2.60 bits per heavy atom. The summed E-state index contributed by atoms with van der Waals surface area (Å²) in [6.45, 7) is 5.03. The number of nitrogens with zero attached hydrogens (tertiary/aromatic N) is 6. The Kier molecular flexibility index (Phi) is 11.9. The van der Waals surface area contributed by atoms with Crippen LogP contribution >= 0.6 is 19.2 Å². The number of anilines is 1. The molecule has 1 aliphatic heterocycles. The summed E-state index contributed by atoms with van der Waals surface area (Å²) in [4.78, 5) is 4.45. The van der Waals surface area contributed by atoms with Crippen molar-refractivity contribution in [1.82, 2.24) is 35.2 Å². The van der Waals surface area contributed by atoms with Crippen molar-refractivity contribution in [2.24, 2.45) is 0 Å². The van der Waals surface area contributed by atoms with Gasteiger partial charge in [-0.25, -0.2) is 4.52 Å². The minimum atomic E-state index is -4.12. The van der Waals surface area contributed by atoms with Gasteiger partial charge in [0.25, 0.3) is 0 Å². The zero-order chi connectivity index (χ0) is 33.7. The van der Waals surface area contributed by atoms with E-state index in [1.807, 2.05) is 12.1 Å². The summed E-state index contributed by atoms with van der Waals surface area (Å²) in [6.07, 6.45) is 2.67. The van der Waals surface area contributed by atoms with Crippen LogP contribution in [0.1, 0.15) is 77.4 Å². The number of ether oxygens (including phenoxy) is 4. The Hall–Kier alpha value is -2.31. The van der Waals surface area contributed by atoms with Gasteiger partial charge in [0.1, 0.15) is 18.2 Å². The fourth-order valence-corrected chi connectivity index (χ4v) is 7.98. The van der Waals surface area contributed by atoms with Crippen LogP contribution in [0, 0.1) is 0 Å². The molecule has 2 fully saturated rings. The Labute approximate surface area is 277 Å². The maximum absolute atomic E-state index is 14.1. The number of tetrazole rings is 1. The second kappa shape index (κ2) is 15.5. The fourth-order valence-electron chi connectivity index (χ4n) is 5.94. The van der Waals surface area contributed by atoms with Crippen LogP contribution in [-0.2, 0) is 39.2 Å². The molecule has 1 saturated heterocycles. The van der Waals surface area contributed by atoms with Crippen molar-refractivity contribution in [3.05, 3.63) is 28.9 Å². The fraction of sp³-hybridized carbons (Fsp3) is 0.750. The first-order valence-electron chi connectivity index (χ1n) is 15.8. The molecule has 4 N–H and O–H groups in total. The van der Waals surface area contributed by atoms with Crippen LogP contribution < -0.4 is 5.32 Å². The number of aliphatic hydroxyl groups excluding tert-OH is 1. The van der Waals surface area contributed by atoms with Crippen molar-refractivity contribution in [1.29, 1.82) is 0 Å². The SMILES string of the molecule is CCOP(=O)(OCC)C(CO)(COCc1nn[nH]n1)OC[C@@H]1C[C@@H](OC(C)(C)O)[C@@H](c2ccc3c(NC4CCCC4)nc(Cl)nn23)O1. The highest BCUT2D eigenvalue weighted by Gasteiger charge is 2.54. The van der Waals surface area contributed by atoms with Gasteiger partial charge in [0.15, 0.2) is 17.4 Å². The van der Waals surface area contributed by atoms with Crippen LogP contribution in [-0.4, -0.2) is 108 Å². The summed E-state index contributed by atoms with van der Waals surface area (Å²) in [5.41, 5.74) is 1.34. The highest BCUT2D eigenvalue weighted by Crippen LogP contribution is 2.61. The summed E-state index contributed by atoms with van der Waals surface area (Å²) >= 11 is 6.39. The van der Waals surface area contributed by atoms with E-state index in [0.717, 1.165) is 25.7 Å². The van der Waals surface area contributed by atoms with Gasteiger partial charge >= 0.3 is 7.60 Å². The molecule has 0 spiro atoms. The van der Waals surface area contributed by atoms with E-state index in [1.165, 1.54) is 13.8 Å². The van der Waals surface area contributed by atoms with Crippen molar-refractivity contribution in [3.63, 3.8) is 0 Å². The molecular weight excluding hydrogens is 659 g/mol. The molecule has 4 heterocycles. The highest BCUT2D eigenvalue weighted by molar-refractivity contribution is 7.55. The predicted molar refractivity (Wildman–Crippen MR) is 168 cm³/mol. The molecule has 0 radical (unpaired) electrons. The third kappa shape index (κ3) is 8.47. The van der Waals surface area contributed by atoms with Crippen LogP contribution in [0.4, 0.5) is 5.82 Å². The van der Waals surface area contributed by atoms with E-state index in [1.54, 1.807) is 18.4 Å². The lowest BCUT2D eigenvalue weighted by molar-refractivity contribution is -0.215. The number of nitrogens with one attached hydrogen (secondary N) is 2. The smallest absolute Gasteiger partial charge is 0.367 e. The lowest BCUT2D eigenvalue weighted by atomic mass is 10.1. The molecule has 17 nitrogen and oxygen atoms in total. The molecule has 3 aromatic heterocycles. The zero-order valence-corrected chi connectivity index (χ0v) is 28.7. The van der Waals surface area contributed by atoms with Crippen LogP contribution in [0.25, 0.3) is 5.52 Å². The number of halogens is 1. The molecule has 0 amide bonds. The summed E-state index contributed by atoms with van der Waals surface area (Å²) in [6, 6.07) is 4.04. The first kappa shape index (κ1) is 36.0. The number of fused-ring (bicyclic) bond motifs is 1. The summed E-state index contributed by atoms with van der Waals surface area (Å²) in [5.74, 6) is -0.621. The number of aliphatic hydroxyl groups is 2. The molecule has 47 heavy (non-hydrogen) atoms. The van der Waals surface area contributed by atoms with Gasteiger partial charge in [0, 0.05) is 12.5 Å². The van der Waals surface area contributed by atoms with Gasteiger partial charge in [-0.05, 0) is 64.3 Å². The highest BCUT2D eigenvalue weighted by atomic mass is 35.5. The van der Waals surface area contributed by atoms with E-state index in [-0.39, 0.29) is 50.6 Å². The molecule has 19 heteroatoms. The monoisotopic (exact) mass is 702 g/mol. The van der Waals surface area contributed by atoms with Crippen LogP contribution in [0.3, 0.4) is 0 Å². The van der Waals surface area contributed by atoms with Gasteiger partial charge < -0.3 is 43.5 Å². The summed E-state index contributed by atoms with van der Waals surface area (Å²) in [7, 11) is -4.12. The van der Waals surface area contributed by atoms with E-state index in [0.29, 0.717) is 23.1 Å². The Morgan fingerprint density at radius 2 is 1.96 bits per heavy atom. The number of aromatic nitrogens is 7. The van der Waals surface area contributed by atoms with Gasteiger partial charge in [-0.1, -0.05) is 18.1 Å². The quantitative estimate of drug-likeness (QED) is 0.111. The second-order valence-corrected chi connectivity index (χ2v) is 14.7. The third-order valence-electron chi connectivity index (χ3n) is 7.94. The molecule has 1 unspecified atom stereocenters. The van der Waals surface area contributed by atoms with Crippen LogP contribution in [0.15, 0.2) is 12.1 Å². The molecule has 0 bridgehead atoms. The molecular formula is C28H44ClN8O9P. The molecule has 3 aromatic rings. The largest absolute Gasteiger partial charge is 0.393 e. The average Bonchev–Trinajstić information content (AvgIpc) is 3.83. The normalized spacial score (nSPS) is 22.3. The lowest BCUT2D eigenvalue weighted by Gasteiger charge is -2.37. The standard InChI is InChI=1S/C28H44ClN8O9P/c1-5-43-47(40,44-6-2)28(16-38,17-41-15-23-32-35-36-33-23)42-14-19-13-22(46-27(3,4)39)24(45-19)20-11-12-21-25(30-18-9-7-8-10-18)31-26(29)34-37(20)21/h11-12,18-19,22,24,38-39H,5-10,13-17H2,1-4H3,(H,30,31,34)(H,32,33,35,36)/t19-,22+,24+,28?/m0/s1. The van der Waals surface area contributed by atoms with E-state index in [9.17, 15) is 14.8 Å². The first-order chi connectivity index (χ1) is 22.5. The Bertz CT molecular complexity index is 1480. The van der Waals surface area contributed by atoms with Crippen molar-refractivity contribution >= 4 is 30.5 Å². The Balaban J connectivity index is 1.40. The van der Waals surface area contributed by atoms with Gasteiger partial charge in [0.2, 0.25) is 10.6 Å². The topological polar surface area (TPSA) is 210 Å². The minimum Gasteiger partial charge on any atom is -0.393 e. The lowest BCUT2D eigenvalue weighted by Crippen LogP contribution is -2.44. The molecule has 4 atom stereocenters. The van der Waals surface area contributed by atoms with Gasteiger partial charge in [-0.2, -0.15) is 10.2 Å². The van der Waals surface area contributed by atoms with Crippen molar-refractivity contribution in [2.45, 2.75) is 102 Å². The van der Waals surface area contributed by atoms with Gasteiger partial charge in [-0.3, -0.25) is 4.57 Å². The van der Waals surface area contributed by atoms with E-state index >= 15 is 0 Å². The molecule has 5 rings (SSSR count). The molecule has 1 aliphatic carbocycles. The molecule has 0 aromatic carbocycles. The third-order valence-corrected chi connectivity index (χ3v) is 10.7. The van der Waals surface area contributed by atoms with Crippen LogP contribution in [0.2, 0.25) is 5.28 Å². The molecule has 262 valence electrons. The summed E-state index contributed by atoms with van der Waals surface area (Å²) < 4.78 is 51.5. The van der Waals surface area contributed by atoms with Gasteiger partial charge in [0.05, 0.1) is 50.9 Å².